The van der Waals surface area contributed by atoms with E-state index in [0.717, 1.165) is 5.56 Å². The van der Waals surface area contributed by atoms with Crippen molar-refractivity contribution in [1.29, 1.82) is 0 Å². The highest BCUT2D eigenvalue weighted by atomic mass is 32.2. The molecule has 1 unspecified atom stereocenters. The number of benzene rings is 1. The predicted molar refractivity (Wildman–Crippen MR) is 76.6 cm³/mol. The molecule has 0 spiro atoms. The van der Waals surface area contributed by atoms with Crippen molar-refractivity contribution >= 4 is 9.84 Å². The van der Waals surface area contributed by atoms with Crippen LogP contribution in [0.15, 0.2) is 18.2 Å². The molecule has 0 saturated carbocycles. The molecular formula is C14H23NO2S. The molecule has 0 heterocycles. The standard InChI is InChI=1S/C14H23NO2S/c1-10(2)18(16,17)9-14(15-5)13-7-6-11(3)12(4)8-13/h6-8,10,14-15H,9H2,1-5H3. The molecule has 0 aliphatic carbocycles. The Kier molecular flexibility index (Phi) is 4.93. The van der Waals surface area contributed by atoms with E-state index in [9.17, 15) is 8.42 Å². The Balaban J connectivity index is 3.00. The Morgan fingerprint density at radius 3 is 2.22 bits per heavy atom. The smallest absolute Gasteiger partial charge is 0.154 e. The van der Waals surface area contributed by atoms with Gasteiger partial charge in [0.25, 0.3) is 0 Å². The quantitative estimate of drug-likeness (QED) is 0.892. The zero-order valence-corrected chi connectivity index (χ0v) is 12.6. The van der Waals surface area contributed by atoms with Gasteiger partial charge in [-0.2, -0.15) is 0 Å². The van der Waals surface area contributed by atoms with Gasteiger partial charge in [0.2, 0.25) is 0 Å². The number of rotatable bonds is 5. The second-order valence-electron chi connectivity index (χ2n) is 5.06. The van der Waals surface area contributed by atoms with Crippen molar-refractivity contribution in [2.24, 2.45) is 0 Å². The average molecular weight is 269 g/mol. The molecule has 1 N–H and O–H groups in total. The van der Waals surface area contributed by atoms with Crippen LogP contribution in [0.1, 0.15) is 36.6 Å². The summed E-state index contributed by atoms with van der Waals surface area (Å²) in [6, 6.07) is 5.96. The summed E-state index contributed by atoms with van der Waals surface area (Å²) >= 11 is 0. The van der Waals surface area contributed by atoms with Crippen LogP contribution in [0.5, 0.6) is 0 Å². The van der Waals surface area contributed by atoms with Crippen molar-refractivity contribution in [3.63, 3.8) is 0 Å². The summed E-state index contributed by atoms with van der Waals surface area (Å²) in [6.07, 6.45) is 0. The molecule has 0 amide bonds. The fourth-order valence-electron chi connectivity index (χ4n) is 1.75. The maximum absolute atomic E-state index is 12.0. The van der Waals surface area contributed by atoms with E-state index in [1.807, 2.05) is 19.1 Å². The number of nitrogens with one attached hydrogen (secondary N) is 1. The van der Waals surface area contributed by atoms with E-state index in [4.69, 9.17) is 0 Å². The first-order valence-electron chi connectivity index (χ1n) is 6.24. The third-order valence-electron chi connectivity index (χ3n) is 3.40. The van der Waals surface area contributed by atoms with Gasteiger partial charge in [-0.1, -0.05) is 18.2 Å². The van der Waals surface area contributed by atoms with Crippen LogP contribution in [0.3, 0.4) is 0 Å². The molecule has 0 bridgehead atoms. The van der Waals surface area contributed by atoms with Gasteiger partial charge in [-0.3, -0.25) is 0 Å². The fraction of sp³-hybridized carbons (Fsp3) is 0.571. The number of hydrogen-bond acceptors (Lipinski definition) is 3. The van der Waals surface area contributed by atoms with Gasteiger partial charge < -0.3 is 5.32 Å². The number of sulfone groups is 1. The lowest BCUT2D eigenvalue weighted by Gasteiger charge is -2.19. The van der Waals surface area contributed by atoms with Crippen molar-refractivity contribution in [2.75, 3.05) is 12.8 Å². The molecule has 1 atom stereocenters. The molecule has 3 nitrogen and oxygen atoms in total. The van der Waals surface area contributed by atoms with E-state index >= 15 is 0 Å². The molecule has 0 radical (unpaired) electrons. The molecule has 0 aliphatic rings. The normalized spacial score (nSPS) is 13.9. The maximum Gasteiger partial charge on any atom is 0.154 e. The van der Waals surface area contributed by atoms with Gasteiger partial charge in [0, 0.05) is 6.04 Å². The lowest BCUT2D eigenvalue weighted by Crippen LogP contribution is -2.29. The monoisotopic (exact) mass is 269 g/mol. The molecule has 1 aromatic rings. The van der Waals surface area contributed by atoms with Crippen molar-refractivity contribution in [3.05, 3.63) is 34.9 Å². The highest BCUT2D eigenvalue weighted by Crippen LogP contribution is 2.20. The third-order valence-corrected chi connectivity index (χ3v) is 5.63. The summed E-state index contributed by atoms with van der Waals surface area (Å²) in [6.45, 7) is 7.55. The van der Waals surface area contributed by atoms with E-state index in [0.29, 0.717) is 0 Å². The predicted octanol–water partition coefficient (Wildman–Crippen LogP) is 2.39. The minimum atomic E-state index is -3.04. The Hall–Kier alpha value is -0.870. The van der Waals surface area contributed by atoms with Gasteiger partial charge in [0.05, 0.1) is 11.0 Å². The van der Waals surface area contributed by atoms with Crippen LogP contribution in [0, 0.1) is 13.8 Å². The highest BCUT2D eigenvalue weighted by Gasteiger charge is 2.22. The molecule has 4 heteroatoms. The second kappa shape index (κ2) is 5.85. The summed E-state index contributed by atoms with van der Waals surface area (Å²) in [7, 11) is -1.24. The minimum absolute atomic E-state index is 0.142. The average Bonchev–Trinajstić information content (AvgIpc) is 2.29. The van der Waals surface area contributed by atoms with Crippen LogP contribution in [0.25, 0.3) is 0 Å². The van der Waals surface area contributed by atoms with E-state index < -0.39 is 9.84 Å². The van der Waals surface area contributed by atoms with Gasteiger partial charge in [-0.15, -0.1) is 0 Å². The van der Waals surface area contributed by atoms with E-state index in [1.165, 1.54) is 11.1 Å². The zero-order valence-electron chi connectivity index (χ0n) is 11.8. The topological polar surface area (TPSA) is 46.2 Å². The maximum atomic E-state index is 12.0. The van der Waals surface area contributed by atoms with Gasteiger partial charge in [0.1, 0.15) is 0 Å². The first-order chi connectivity index (χ1) is 8.27. The molecule has 18 heavy (non-hydrogen) atoms. The van der Waals surface area contributed by atoms with Crippen LogP contribution in [-0.4, -0.2) is 26.5 Å². The van der Waals surface area contributed by atoms with Crippen molar-refractivity contribution in [3.8, 4) is 0 Å². The Labute approximate surface area is 111 Å². The molecule has 1 rings (SSSR count). The summed E-state index contributed by atoms with van der Waals surface area (Å²) in [5, 5.41) is 2.76. The second-order valence-corrected chi connectivity index (χ2v) is 7.67. The van der Waals surface area contributed by atoms with Gasteiger partial charge >= 0.3 is 0 Å². The van der Waals surface area contributed by atoms with E-state index in [2.05, 4.69) is 18.3 Å². The van der Waals surface area contributed by atoms with Crippen LogP contribution < -0.4 is 5.32 Å². The van der Waals surface area contributed by atoms with Gasteiger partial charge in [0.15, 0.2) is 9.84 Å². The molecule has 0 aliphatic heterocycles. The van der Waals surface area contributed by atoms with E-state index in [1.54, 1.807) is 20.9 Å². The largest absolute Gasteiger partial charge is 0.312 e. The van der Waals surface area contributed by atoms with Crippen LogP contribution in [-0.2, 0) is 9.84 Å². The lowest BCUT2D eigenvalue weighted by atomic mass is 10.0. The number of hydrogen-bond donors (Lipinski definition) is 1. The highest BCUT2D eigenvalue weighted by molar-refractivity contribution is 7.92. The van der Waals surface area contributed by atoms with Gasteiger partial charge in [-0.05, 0) is 51.4 Å². The molecule has 1 aromatic carbocycles. The summed E-state index contributed by atoms with van der Waals surface area (Å²) in [5.74, 6) is 0.143. The Morgan fingerprint density at radius 2 is 1.78 bits per heavy atom. The van der Waals surface area contributed by atoms with Crippen molar-refractivity contribution in [2.45, 2.75) is 39.0 Å². The SMILES string of the molecule is CNC(CS(=O)(=O)C(C)C)c1ccc(C)c(C)c1. The fourth-order valence-corrected chi connectivity index (χ4v) is 2.96. The van der Waals surface area contributed by atoms with Crippen LogP contribution in [0.4, 0.5) is 0 Å². The molecule has 0 saturated heterocycles. The molecule has 0 fully saturated rings. The Bertz CT molecular complexity index is 507. The molecule has 0 aromatic heterocycles. The summed E-state index contributed by atoms with van der Waals surface area (Å²) in [4.78, 5) is 0. The summed E-state index contributed by atoms with van der Waals surface area (Å²) in [5.41, 5.74) is 3.44. The summed E-state index contributed by atoms with van der Waals surface area (Å²) < 4.78 is 24.0. The van der Waals surface area contributed by atoms with Crippen molar-refractivity contribution < 1.29 is 8.42 Å². The van der Waals surface area contributed by atoms with Crippen LogP contribution in [0.2, 0.25) is 0 Å². The van der Waals surface area contributed by atoms with Crippen LogP contribution >= 0.6 is 0 Å². The first kappa shape index (κ1) is 15.2. The zero-order chi connectivity index (χ0) is 13.9. The first-order valence-corrected chi connectivity index (χ1v) is 7.95. The third kappa shape index (κ3) is 3.56. The van der Waals surface area contributed by atoms with E-state index in [-0.39, 0.29) is 17.0 Å². The number of aryl methyl sites for hydroxylation is 2. The molecular weight excluding hydrogens is 246 g/mol. The minimum Gasteiger partial charge on any atom is -0.312 e. The van der Waals surface area contributed by atoms with Crippen molar-refractivity contribution in [1.82, 2.24) is 5.32 Å². The lowest BCUT2D eigenvalue weighted by molar-refractivity contribution is 0.566. The Morgan fingerprint density at radius 1 is 1.17 bits per heavy atom. The molecule has 102 valence electrons. The van der Waals surface area contributed by atoms with Gasteiger partial charge in [-0.25, -0.2) is 8.42 Å².